The van der Waals surface area contributed by atoms with Gasteiger partial charge in [-0.2, -0.15) is 0 Å². The zero-order chi connectivity index (χ0) is 24.9. The van der Waals surface area contributed by atoms with Crippen LogP contribution in [0, 0.1) is 27.7 Å². The van der Waals surface area contributed by atoms with Crippen molar-refractivity contribution in [2.75, 3.05) is 4.90 Å². The van der Waals surface area contributed by atoms with Crippen molar-refractivity contribution < 1.29 is 0 Å². The molecule has 1 aliphatic heterocycles. The standard InChI is InChI=1S/C28H26Cl2N4S/c1-16-11-12-20(14-17(16)2)34-27(26(32-28(34)35)23-9-5-6-13-31-23)21-15-18(3)33(19(21)4)24-10-7-8-22(29)25(24)30/h5-15,26-27H,1-4H3,(H,32,35)/t26-,27+/m0/s1. The number of anilines is 1. The minimum Gasteiger partial charge on any atom is -0.351 e. The molecule has 1 N–H and O–H groups in total. The number of aromatic nitrogens is 2. The summed E-state index contributed by atoms with van der Waals surface area (Å²) in [7, 11) is 0. The largest absolute Gasteiger partial charge is 0.351 e. The van der Waals surface area contributed by atoms with Gasteiger partial charge in [-0.3, -0.25) is 4.98 Å². The highest BCUT2D eigenvalue weighted by Crippen LogP contribution is 2.44. The predicted octanol–water partition coefficient (Wildman–Crippen LogP) is 7.59. The number of rotatable bonds is 4. The quantitative estimate of drug-likeness (QED) is 0.281. The van der Waals surface area contributed by atoms with Gasteiger partial charge in [-0.15, -0.1) is 0 Å². The van der Waals surface area contributed by atoms with Crippen molar-refractivity contribution in [2.45, 2.75) is 39.8 Å². The van der Waals surface area contributed by atoms with Crippen LogP contribution in [0.25, 0.3) is 5.69 Å². The fraction of sp³-hybridized carbons (Fsp3) is 0.214. The lowest BCUT2D eigenvalue weighted by Crippen LogP contribution is -2.29. The second kappa shape index (κ2) is 9.30. The van der Waals surface area contributed by atoms with Crippen molar-refractivity contribution in [2.24, 2.45) is 0 Å². The van der Waals surface area contributed by atoms with Gasteiger partial charge in [0.1, 0.15) is 0 Å². The van der Waals surface area contributed by atoms with E-state index in [0.29, 0.717) is 15.2 Å². The summed E-state index contributed by atoms with van der Waals surface area (Å²) in [5.41, 5.74) is 8.63. The van der Waals surface area contributed by atoms with E-state index < -0.39 is 0 Å². The van der Waals surface area contributed by atoms with Crippen LogP contribution in [0.2, 0.25) is 10.0 Å². The molecule has 2 atom stereocenters. The molecule has 2 aromatic carbocycles. The van der Waals surface area contributed by atoms with E-state index in [0.717, 1.165) is 34.0 Å². The number of pyridine rings is 1. The molecule has 1 saturated heterocycles. The predicted molar refractivity (Wildman–Crippen MR) is 149 cm³/mol. The van der Waals surface area contributed by atoms with Gasteiger partial charge in [0, 0.05) is 23.3 Å². The maximum absolute atomic E-state index is 6.64. The van der Waals surface area contributed by atoms with Crippen LogP contribution in [0.4, 0.5) is 5.69 Å². The zero-order valence-corrected chi connectivity index (χ0v) is 22.3. The van der Waals surface area contributed by atoms with Gasteiger partial charge in [-0.25, -0.2) is 0 Å². The summed E-state index contributed by atoms with van der Waals surface area (Å²) in [6, 6.07) is 20.2. The molecule has 0 bridgehead atoms. The summed E-state index contributed by atoms with van der Waals surface area (Å²) in [5.74, 6) is 0. The van der Waals surface area contributed by atoms with Gasteiger partial charge >= 0.3 is 0 Å². The third kappa shape index (κ3) is 4.12. The molecule has 35 heavy (non-hydrogen) atoms. The Kier molecular flexibility index (Phi) is 6.34. The second-order valence-corrected chi connectivity index (χ2v) is 10.2. The monoisotopic (exact) mass is 520 g/mol. The van der Waals surface area contributed by atoms with Gasteiger partial charge in [-0.1, -0.05) is 41.4 Å². The molecule has 1 fully saturated rings. The molecule has 0 unspecified atom stereocenters. The van der Waals surface area contributed by atoms with Crippen LogP contribution >= 0.6 is 35.4 Å². The minimum absolute atomic E-state index is 0.0996. The normalized spacial score (nSPS) is 17.7. The Balaban J connectivity index is 1.71. The summed E-state index contributed by atoms with van der Waals surface area (Å²) in [6.07, 6.45) is 1.82. The third-order valence-electron chi connectivity index (χ3n) is 6.83. The van der Waals surface area contributed by atoms with E-state index in [4.69, 9.17) is 35.4 Å². The van der Waals surface area contributed by atoms with E-state index in [9.17, 15) is 0 Å². The van der Waals surface area contributed by atoms with E-state index in [1.54, 1.807) is 6.07 Å². The Morgan fingerprint density at radius 3 is 2.43 bits per heavy atom. The molecule has 2 aromatic heterocycles. The highest BCUT2D eigenvalue weighted by Gasteiger charge is 2.42. The lowest BCUT2D eigenvalue weighted by atomic mass is 9.96. The van der Waals surface area contributed by atoms with E-state index in [-0.39, 0.29) is 12.1 Å². The first-order valence-corrected chi connectivity index (χ1v) is 12.7. The Labute approximate surface area is 221 Å². The van der Waals surface area contributed by atoms with Gasteiger partial charge in [0.05, 0.1) is 33.5 Å². The summed E-state index contributed by atoms with van der Waals surface area (Å²) >= 11 is 18.9. The number of hydrogen-bond donors (Lipinski definition) is 1. The topological polar surface area (TPSA) is 33.1 Å². The molecular weight excluding hydrogens is 495 g/mol. The highest BCUT2D eigenvalue weighted by molar-refractivity contribution is 7.80. The van der Waals surface area contributed by atoms with Crippen molar-refractivity contribution in [1.29, 1.82) is 0 Å². The van der Waals surface area contributed by atoms with Gasteiger partial charge in [-0.05, 0) is 99.1 Å². The molecular formula is C28H26Cl2N4S. The molecule has 0 aliphatic carbocycles. The first-order chi connectivity index (χ1) is 16.8. The molecule has 7 heteroatoms. The zero-order valence-electron chi connectivity index (χ0n) is 20.0. The van der Waals surface area contributed by atoms with Crippen LogP contribution in [0.3, 0.4) is 0 Å². The first-order valence-electron chi connectivity index (χ1n) is 11.5. The minimum atomic E-state index is -0.117. The molecule has 4 aromatic rings. The third-order valence-corrected chi connectivity index (χ3v) is 7.95. The second-order valence-electron chi connectivity index (χ2n) is 9.00. The van der Waals surface area contributed by atoms with E-state index in [1.807, 2.05) is 36.5 Å². The van der Waals surface area contributed by atoms with Crippen LogP contribution in [0.1, 0.15) is 45.9 Å². The fourth-order valence-electron chi connectivity index (χ4n) is 4.95. The van der Waals surface area contributed by atoms with E-state index >= 15 is 0 Å². The molecule has 1 aliphatic rings. The van der Waals surface area contributed by atoms with E-state index in [2.05, 4.69) is 71.7 Å². The SMILES string of the molecule is Cc1ccc(N2C(=S)N[C@@H](c3ccccn3)[C@H]2c2cc(C)n(-c3cccc(Cl)c3Cl)c2C)cc1C. The van der Waals surface area contributed by atoms with Crippen LogP contribution < -0.4 is 10.2 Å². The Hall–Kier alpha value is -2.86. The number of nitrogens with one attached hydrogen (secondary N) is 1. The fourth-order valence-corrected chi connectivity index (χ4v) is 5.67. The lowest BCUT2D eigenvalue weighted by Gasteiger charge is -2.28. The molecule has 0 amide bonds. The molecule has 3 heterocycles. The van der Waals surface area contributed by atoms with Crippen molar-refractivity contribution in [3.05, 3.63) is 111 Å². The van der Waals surface area contributed by atoms with Crippen molar-refractivity contribution >= 4 is 46.2 Å². The van der Waals surface area contributed by atoms with Crippen LogP contribution in [0.15, 0.2) is 66.9 Å². The summed E-state index contributed by atoms with van der Waals surface area (Å²) < 4.78 is 2.17. The average molecular weight is 522 g/mol. The Bertz CT molecular complexity index is 1430. The van der Waals surface area contributed by atoms with Crippen molar-refractivity contribution in [3.63, 3.8) is 0 Å². The summed E-state index contributed by atoms with van der Waals surface area (Å²) in [4.78, 5) is 6.89. The Morgan fingerprint density at radius 1 is 0.914 bits per heavy atom. The van der Waals surface area contributed by atoms with Crippen molar-refractivity contribution in [1.82, 2.24) is 14.9 Å². The van der Waals surface area contributed by atoms with E-state index in [1.165, 1.54) is 11.1 Å². The molecule has 178 valence electrons. The molecule has 0 radical (unpaired) electrons. The number of thiocarbonyl (C=S) groups is 1. The van der Waals surface area contributed by atoms with Gasteiger partial charge in [0.2, 0.25) is 0 Å². The number of hydrogen-bond acceptors (Lipinski definition) is 2. The Morgan fingerprint density at radius 2 is 1.71 bits per heavy atom. The smallest absolute Gasteiger partial charge is 0.174 e. The lowest BCUT2D eigenvalue weighted by molar-refractivity contribution is 0.565. The maximum Gasteiger partial charge on any atom is 0.174 e. The number of nitrogens with zero attached hydrogens (tertiary/aromatic N) is 3. The summed E-state index contributed by atoms with van der Waals surface area (Å²) in [6.45, 7) is 8.46. The van der Waals surface area contributed by atoms with Gasteiger partial charge in [0.25, 0.3) is 0 Å². The molecule has 0 spiro atoms. The molecule has 4 nitrogen and oxygen atoms in total. The molecule has 5 rings (SSSR count). The first kappa shape index (κ1) is 23.9. The summed E-state index contributed by atoms with van der Waals surface area (Å²) in [5, 5.41) is 5.31. The van der Waals surface area contributed by atoms with Gasteiger partial charge < -0.3 is 14.8 Å². The molecule has 0 saturated carbocycles. The average Bonchev–Trinajstić information content (AvgIpc) is 3.33. The number of benzene rings is 2. The number of halogens is 2. The van der Waals surface area contributed by atoms with Crippen LogP contribution in [-0.2, 0) is 0 Å². The van der Waals surface area contributed by atoms with Gasteiger partial charge in [0.15, 0.2) is 5.11 Å². The highest BCUT2D eigenvalue weighted by atomic mass is 35.5. The van der Waals surface area contributed by atoms with Crippen LogP contribution in [0.5, 0.6) is 0 Å². The van der Waals surface area contributed by atoms with Crippen LogP contribution in [-0.4, -0.2) is 14.7 Å². The maximum atomic E-state index is 6.64. The van der Waals surface area contributed by atoms with Crippen molar-refractivity contribution in [3.8, 4) is 5.69 Å². The number of aryl methyl sites for hydroxylation is 3.